The summed E-state index contributed by atoms with van der Waals surface area (Å²) < 4.78 is 0. The van der Waals surface area contributed by atoms with Crippen LogP contribution in [0.1, 0.15) is 36.4 Å². The number of amides is 2. The fourth-order valence-electron chi connectivity index (χ4n) is 2.75. The zero-order valence-corrected chi connectivity index (χ0v) is 14.6. The fraction of sp³-hybridized carbons (Fsp3) is 0.600. The van der Waals surface area contributed by atoms with Crippen molar-refractivity contribution in [2.75, 3.05) is 13.1 Å². The van der Waals surface area contributed by atoms with Gasteiger partial charge in [0.05, 0.1) is 4.88 Å². The third kappa shape index (κ3) is 4.44. The van der Waals surface area contributed by atoms with Crippen molar-refractivity contribution in [2.45, 2.75) is 38.8 Å². The van der Waals surface area contributed by atoms with Crippen LogP contribution in [0.3, 0.4) is 0 Å². The van der Waals surface area contributed by atoms with E-state index in [-0.39, 0.29) is 30.3 Å². The molecule has 1 aromatic rings. The third-order valence-electron chi connectivity index (χ3n) is 4.00. The first-order valence-corrected chi connectivity index (χ1v) is 8.25. The number of halogens is 1. The predicted octanol–water partition coefficient (Wildman–Crippen LogP) is 1.87. The van der Waals surface area contributed by atoms with Gasteiger partial charge in [0.1, 0.15) is 6.04 Å². The molecule has 2 amide bonds. The minimum atomic E-state index is -0.526. The highest BCUT2D eigenvalue weighted by atomic mass is 35.5. The lowest BCUT2D eigenvalue weighted by Crippen LogP contribution is -2.55. The molecule has 2 rings (SSSR count). The molecule has 0 aromatic carbocycles. The summed E-state index contributed by atoms with van der Waals surface area (Å²) >= 11 is 1.37. The van der Waals surface area contributed by atoms with Crippen molar-refractivity contribution in [3.8, 4) is 0 Å². The van der Waals surface area contributed by atoms with Gasteiger partial charge in [-0.3, -0.25) is 9.59 Å². The van der Waals surface area contributed by atoms with Crippen LogP contribution in [0.2, 0.25) is 0 Å². The summed E-state index contributed by atoms with van der Waals surface area (Å²) in [6.07, 6.45) is 1.93. The van der Waals surface area contributed by atoms with E-state index in [9.17, 15) is 9.59 Å². The van der Waals surface area contributed by atoms with Gasteiger partial charge in [0, 0.05) is 19.1 Å². The summed E-state index contributed by atoms with van der Waals surface area (Å²) in [5, 5.41) is 4.62. The first kappa shape index (κ1) is 18.9. The minimum Gasteiger partial charge on any atom is -0.340 e. The summed E-state index contributed by atoms with van der Waals surface area (Å²) in [5.41, 5.74) is 5.79. The predicted molar refractivity (Wildman–Crippen MR) is 91.4 cm³/mol. The Balaban J connectivity index is 0.00000242. The van der Waals surface area contributed by atoms with Gasteiger partial charge in [0.25, 0.3) is 5.91 Å². The van der Waals surface area contributed by atoms with Crippen LogP contribution in [0.25, 0.3) is 0 Å². The highest BCUT2D eigenvalue weighted by Crippen LogP contribution is 2.22. The number of nitrogens with zero attached hydrogens (tertiary/aromatic N) is 1. The number of carbonyl (C=O) groups excluding carboxylic acids is 2. The lowest BCUT2D eigenvalue weighted by atomic mass is 9.92. The number of rotatable bonds is 4. The van der Waals surface area contributed by atoms with Crippen LogP contribution >= 0.6 is 23.7 Å². The van der Waals surface area contributed by atoms with E-state index in [1.54, 1.807) is 13.0 Å². The lowest BCUT2D eigenvalue weighted by molar-refractivity contribution is -0.136. The quantitative estimate of drug-likeness (QED) is 0.874. The largest absolute Gasteiger partial charge is 0.340 e. The van der Waals surface area contributed by atoms with E-state index in [1.165, 1.54) is 11.3 Å². The maximum atomic E-state index is 12.5. The number of piperidine rings is 1. The Kier molecular flexibility index (Phi) is 7.32. The first-order chi connectivity index (χ1) is 10.0. The topological polar surface area (TPSA) is 75.4 Å². The van der Waals surface area contributed by atoms with E-state index in [1.807, 2.05) is 16.3 Å². The summed E-state index contributed by atoms with van der Waals surface area (Å²) in [7, 11) is 0. The van der Waals surface area contributed by atoms with E-state index in [0.29, 0.717) is 17.3 Å². The van der Waals surface area contributed by atoms with Crippen LogP contribution in [0.4, 0.5) is 0 Å². The molecule has 1 fully saturated rings. The third-order valence-corrected chi connectivity index (χ3v) is 4.86. The molecule has 1 aliphatic heterocycles. The Morgan fingerprint density at radius 2 is 2.27 bits per heavy atom. The molecule has 5 nitrogen and oxygen atoms in total. The van der Waals surface area contributed by atoms with Crippen molar-refractivity contribution >= 4 is 35.6 Å². The Morgan fingerprint density at radius 3 is 2.86 bits per heavy atom. The average Bonchev–Trinajstić information content (AvgIpc) is 3.00. The summed E-state index contributed by atoms with van der Waals surface area (Å²) in [5.74, 6) is 0.362. The van der Waals surface area contributed by atoms with Gasteiger partial charge >= 0.3 is 0 Å². The molecular weight excluding hydrogens is 322 g/mol. The SMILES string of the molecule is CC1CCN(C(=O)C(C)NC(=O)c2cccs2)C(CN)C1.Cl. The van der Waals surface area contributed by atoms with Gasteiger partial charge in [-0.2, -0.15) is 0 Å². The van der Waals surface area contributed by atoms with E-state index in [2.05, 4.69) is 12.2 Å². The van der Waals surface area contributed by atoms with Gasteiger partial charge in [-0.15, -0.1) is 23.7 Å². The second-order valence-corrected chi connectivity index (χ2v) is 6.67. The van der Waals surface area contributed by atoms with Crippen molar-refractivity contribution in [2.24, 2.45) is 11.7 Å². The fourth-order valence-corrected chi connectivity index (χ4v) is 3.38. The number of hydrogen-bond acceptors (Lipinski definition) is 4. The molecule has 0 bridgehead atoms. The summed E-state index contributed by atoms with van der Waals surface area (Å²) in [4.78, 5) is 27.0. The standard InChI is InChI=1S/C15H23N3O2S.ClH/c1-10-5-6-18(12(8-10)9-16)15(20)11(2)17-14(19)13-4-3-7-21-13;/h3-4,7,10-12H,5-6,8-9,16H2,1-2H3,(H,17,19);1H. The van der Waals surface area contributed by atoms with E-state index >= 15 is 0 Å². The molecule has 0 spiro atoms. The number of nitrogens with one attached hydrogen (secondary N) is 1. The van der Waals surface area contributed by atoms with Crippen LogP contribution in [-0.4, -0.2) is 41.9 Å². The van der Waals surface area contributed by atoms with E-state index < -0.39 is 6.04 Å². The lowest BCUT2D eigenvalue weighted by Gasteiger charge is -2.39. The molecule has 1 saturated heterocycles. The van der Waals surface area contributed by atoms with Gasteiger partial charge in [-0.25, -0.2) is 0 Å². The van der Waals surface area contributed by atoms with Gasteiger partial charge < -0.3 is 16.0 Å². The average molecular weight is 346 g/mol. The van der Waals surface area contributed by atoms with Crippen molar-refractivity contribution in [3.63, 3.8) is 0 Å². The molecule has 22 heavy (non-hydrogen) atoms. The number of carbonyl (C=O) groups is 2. The Labute approximate surface area is 141 Å². The molecule has 1 aromatic heterocycles. The normalized spacial score (nSPS) is 22.6. The van der Waals surface area contributed by atoms with Crippen molar-refractivity contribution in [1.82, 2.24) is 10.2 Å². The van der Waals surface area contributed by atoms with Gasteiger partial charge in [-0.05, 0) is 37.1 Å². The highest BCUT2D eigenvalue weighted by Gasteiger charge is 2.31. The van der Waals surface area contributed by atoms with E-state index in [4.69, 9.17) is 5.73 Å². The number of likely N-dealkylation sites (tertiary alicyclic amines) is 1. The molecule has 0 aliphatic carbocycles. The van der Waals surface area contributed by atoms with Crippen molar-refractivity contribution in [3.05, 3.63) is 22.4 Å². The van der Waals surface area contributed by atoms with Crippen molar-refractivity contribution < 1.29 is 9.59 Å². The molecule has 124 valence electrons. The zero-order valence-electron chi connectivity index (χ0n) is 13.0. The molecule has 0 saturated carbocycles. The van der Waals surface area contributed by atoms with Crippen LogP contribution in [0, 0.1) is 5.92 Å². The Bertz CT molecular complexity index is 495. The molecule has 3 atom stereocenters. The number of nitrogens with two attached hydrogens (primary N) is 1. The molecule has 1 aliphatic rings. The second-order valence-electron chi connectivity index (χ2n) is 5.72. The minimum absolute atomic E-state index is 0. The van der Waals surface area contributed by atoms with Crippen LogP contribution in [0.5, 0.6) is 0 Å². The number of thiophene rings is 1. The van der Waals surface area contributed by atoms with Crippen LogP contribution < -0.4 is 11.1 Å². The molecule has 2 heterocycles. The second kappa shape index (κ2) is 8.50. The van der Waals surface area contributed by atoms with Gasteiger partial charge in [0.2, 0.25) is 5.91 Å². The smallest absolute Gasteiger partial charge is 0.261 e. The van der Waals surface area contributed by atoms with Gasteiger partial charge in [0.15, 0.2) is 0 Å². The Morgan fingerprint density at radius 1 is 1.55 bits per heavy atom. The maximum absolute atomic E-state index is 12.5. The van der Waals surface area contributed by atoms with Crippen LogP contribution in [0.15, 0.2) is 17.5 Å². The Hall–Kier alpha value is -1.11. The van der Waals surface area contributed by atoms with E-state index in [0.717, 1.165) is 19.4 Å². The molecule has 3 N–H and O–H groups in total. The maximum Gasteiger partial charge on any atom is 0.261 e. The number of hydrogen-bond donors (Lipinski definition) is 2. The molecule has 0 radical (unpaired) electrons. The molecule has 3 unspecified atom stereocenters. The molecular formula is C15H24ClN3O2S. The summed E-state index contributed by atoms with van der Waals surface area (Å²) in [6, 6.07) is 3.13. The first-order valence-electron chi connectivity index (χ1n) is 7.37. The highest BCUT2D eigenvalue weighted by molar-refractivity contribution is 7.12. The monoisotopic (exact) mass is 345 g/mol. The van der Waals surface area contributed by atoms with Gasteiger partial charge in [-0.1, -0.05) is 13.0 Å². The summed E-state index contributed by atoms with van der Waals surface area (Å²) in [6.45, 7) is 5.12. The van der Waals surface area contributed by atoms with Crippen LogP contribution in [-0.2, 0) is 4.79 Å². The zero-order chi connectivity index (χ0) is 15.4. The molecule has 7 heteroatoms. The van der Waals surface area contributed by atoms with Crippen molar-refractivity contribution in [1.29, 1.82) is 0 Å².